The van der Waals surface area contributed by atoms with Crippen LogP contribution in [0.3, 0.4) is 0 Å². The summed E-state index contributed by atoms with van der Waals surface area (Å²) in [7, 11) is -0.440. The number of carbonyl (C=O) groups excluding carboxylic acids is 2. The van der Waals surface area contributed by atoms with E-state index in [1.165, 1.54) is 30.7 Å². The highest BCUT2D eigenvalue weighted by Crippen LogP contribution is 2.31. The van der Waals surface area contributed by atoms with Crippen LogP contribution >= 0.6 is 0 Å². The van der Waals surface area contributed by atoms with Crippen molar-refractivity contribution in [2.24, 2.45) is 0 Å². The van der Waals surface area contributed by atoms with Crippen LogP contribution in [0.1, 0.15) is 26.3 Å². The molecule has 1 heterocycles. The van der Waals surface area contributed by atoms with E-state index in [0.29, 0.717) is 30.0 Å². The molecule has 1 aliphatic heterocycles. The van der Waals surface area contributed by atoms with Crippen molar-refractivity contribution in [1.29, 1.82) is 0 Å². The minimum absolute atomic E-state index is 0.179. The Morgan fingerprint density at radius 3 is 2.48 bits per heavy atom. The van der Waals surface area contributed by atoms with Gasteiger partial charge in [-0.05, 0) is 42.3 Å². The molecule has 2 aromatic rings. The van der Waals surface area contributed by atoms with Gasteiger partial charge in [0.05, 0.1) is 26.2 Å². The monoisotopic (exact) mass is 419 g/mol. The Kier molecular flexibility index (Phi) is 5.78. The van der Waals surface area contributed by atoms with Gasteiger partial charge in [0.2, 0.25) is 10.0 Å². The molecule has 29 heavy (non-hydrogen) atoms. The molecule has 0 saturated heterocycles. The first kappa shape index (κ1) is 20.7. The van der Waals surface area contributed by atoms with Crippen LogP contribution in [0.5, 0.6) is 11.5 Å². The maximum absolute atomic E-state index is 12.5. The third-order valence-electron chi connectivity index (χ3n) is 4.62. The quantitative estimate of drug-likeness (QED) is 0.500. The summed E-state index contributed by atoms with van der Waals surface area (Å²) in [6, 6.07) is 9.42. The van der Waals surface area contributed by atoms with Crippen LogP contribution in [0, 0.1) is 0 Å². The molecule has 0 atom stereocenters. The number of methoxy groups -OCH3 is 2. The second-order valence-corrected chi connectivity index (χ2v) is 8.40. The van der Waals surface area contributed by atoms with Crippen LogP contribution in [0.2, 0.25) is 0 Å². The average Bonchev–Trinajstić information content (AvgIpc) is 3.14. The molecule has 2 aromatic carbocycles. The van der Waals surface area contributed by atoms with Gasteiger partial charge in [0.1, 0.15) is 17.1 Å². The minimum atomic E-state index is -3.35. The topological polar surface area (TPSA) is 99.2 Å². The van der Waals surface area contributed by atoms with Gasteiger partial charge in [-0.25, -0.2) is 13.2 Å². The molecular formula is C20H21NO7S. The zero-order valence-electron chi connectivity index (χ0n) is 16.3. The van der Waals surface area contributed by atoms with Gasteiger partial charge < -0.3 is 14.2 Å². The first-order chi connectivity index (χ1) is 13.7. The summed E-state index contributed by atoms with van der Waals surface area (Å²) >= 11 is 0. The van der Waals surface area contributed by atoms with Crippen molar-refractivity contribution < 1.29 is 32.2 Å². The van der Waals surface area contributed by atoms with E-state index < -0.39 is 22.6 Å². The molecule has 0 amide bonds. The fourth-order valence-corrected chi connectivity index (χ4v) is 4.11. The van der Waals surface area contributed by atoms with Crippen LogP contribution in [-0.4, -0.2) is 53.8 Å². The lowest BCUT2D eigenvalue weighted by Crippen LogP contribution is -2.27. The third-order valence-corrected chi connectivity index (χ3v) is 5.80. The summed E-state index contributed by atoms with van der Waals surface area (Å²) in [5.74, 6) is -0.273. The molecule has 0 fully saturated rings. The van der Waals surface area contributed by atoms with Gasteiger partial charge >= 0.3 is 5.97 Å². The molecule has 0 saturated carbocycles. The van der Waals surface area contributed by atoms with E-state index in [4.69, 9.17) is 14.2 Å². The molecule has 0 unspecified atom stereocenters. The largest absolute Gasteiger partial charge is 0.497 e. The molecule has 0 radical (unpaired) electrons. The molecule has 0 bridgehead atoms. The Morgan fingerprint density at radius 1 is 1.07 bits per heavy atom. The molecule has 0 spiro atoms. The van der Waals surface area contributed by atoms with Crippen molar-refractivity contribution >= 4 is 27.5 Å². The number of nitrogens with zero attached hydrogens (tertiary/aromatic N) is 1. The lowest BCUT2D eigenvalue weighted by atomic mass is 10.1. The Labute approximate surface area is 169 Å². The Balaban J connectivity index is 1.70. The van der Waals surface area contributed by atoms with Crippen molar-refractivity contribution in [2.75, 3.05) is 37.9 Å². The van der Waals surface area contributed by atoms with Gasteiger partial charge in [-0.2, -0.15) is 0 Å². The predicted octanol–water partition coefficient (Wildman–Crippen LogP) is 2.07. The maximum atomic E-state index is 12.5. The van der Waals surface area contributed by atoms with Crippen LogP contribution in [-0.2, 0) is 21.2 Å². The molecule has 9 heteroatoms. The van der Waals surface area contributed by atoms with E-state index in [1.807, 2.05) is 0 Å². The van der Waals surface area contributed by atoms with Crippen molar-refractivity contribution in [2.45, 2.75) is 6.42 Å². The summed E-state index contributed by atoms with van der Waals surface area (Å²) < 4.78 is 40.3. The molecule has 1 aliphatic rings. The van der Waals surface area contributed by atoms with Crippen LogP contribution in [0.25, 0.3) is 0 Å². The van der Waals surface area contributed by atoms with Gasteiger partial charge in [0.15, 0.2) is 12.4 Å². The van der Waals surface area contributed by atoms with E-state index in [9.17, 15) is 18.0 Å². The van der Waals surface area contributed by atoms with E-state index in [1.54, 1.807) is 24.3 Å². The average molecular weight is 419 g/mol. The Bertz CT molecular complexity index is 1060. The number of fused-ring (bicyclic) bond motifs is 1. The number of Topliss-reactive ketones (excluding diaryl/α,β-unsaturated/α-hetero) is 1. The number of carbonyl (C=O) groups is 2. The van der Waals surface area contributed by atoms with Gasteiger partial charge in [0, 0.05) is 18.2 Å². The van der Waals surface area contributed by atoms with Crippen molar-refractivity contribution in [1.82, 2.24) is 0 Å². The van der Waals surface area contributed by atoms with Gasteiger partial charge in [-0.15, -0.1) is 0 Å². The molecular weight excluding hydrogens is 398 g/mol. The van der Waals surface area contributed by atoms with Crippen LogP contribution in [0.4, 0.5) is 5.69 Å². The molecule has 3 rings (SSSR count). The van der Waals surface area contributed by atoms with Crippen molar-refractivity contribution in [3.05, 3.63) is 53.1 Å². The summed E-state index contributed by atoms with van der Waals surface area (Å²) in [6.07, 6.45) is 1.67. The van der Waals surface area contributed by atoms with Crippen LogP contribution < -0.4 is 13.8 Å². The summed E-state index contributed by atoms with van der Waals surface area (Å²) in [6.45, 7) is -0.0966. The number of anilines is 1. The molecule has 154 valence electrons. The minimum Gasteiger partial charge on any atom is -0.497 e. The predicted molar refractivity (Wildman–Crippen MR) is 106 cm³/mol. The number of hydrogen-bond acceptors (Lipinski definition) is 7. The van der Waals surface area contributed by atoms with Gasteiger partial charge in [0.25, 0.3) is 0 Å². The Morgan fingerprint density at radius 2 is 1.83 bits per heavy atom. The zero-order chi connectivity index (χ0) is 21.2. The molecule has 0 aromatic heterocycles. The van der Waals surface area contributed by atoms with E-state index in [2.05, 4.69) is 0 Å². The second kappa shape index (κ2) is 8.12. The number of hydrogen-bond donors (Lipinski definition) is 0. The standard InChI is InChI=1S/C20H21NO7S/c1-26-15-5-6-16(19(11-15)27-2)20(23)28-12-18(22)14-4-7-17-13(10-14)8-9-21(17)29(3,24)25/h4-7,10-11H,8-9,12H2,1-3H3. The SMILES string of the molecule is COc1ccc(C(=O)OCC(=O)c2ccc3c(c2)CCN3S(C)(=O)=O)c(OC)c1. The molecule has 8 nitrogen and oxygen atoms in total. The van der Waals surface area contributed by atoms with E-state index in [-0.39, 0.29) is 17.1 Å². The number of sulfonamides is 1. The van der Waals surface area contributed by atoms with E-state index in [0.717, 1.165) is 11.8 Å². The van der Waals surface area contributed by atoms with Crippen LogP contribution in [0.15, 0.2) is 36.4 Å². The molecule has 0 aliphatic carbocycles. The number of rotatable bonds is 7. The van der Waals surface area contributed by atoms with Crippen molar-refractivity contribution in [3.8, 4) is 11.5 Å². The summed E-state index contributed by atoms with van der Waals surface area (Å²) in [4.78, 5) is 24.8. The highest BCUT2D eigenvalue weighted by Gasteiger charge is 2.27. The fourth-order valence-electron chi connectivity index (χ4n) is 3.15. The first-order valence-electron chi connectivity index (χ1n) is 8.77. The maximum Gasteiger partial charge on any atom is 0.342 e. The molecule has 0 N–H and O–H groups in total. The summed E-state index contributed by atoms with van der Waals surface area (Å²) in [5.41, 5.74) is 1.88. The lowest BCUT2D eigenvalue weighted by molar-refractivity contribution is 0.0471. The number of esters is 1. The number of ketones is 1. The van der Waals surface area contributed by atoms with Crippen molar-refractivity contribution in [3.63, 3.8) is 0 Å². The zero-order valence-corrected chi connectivity index (χ0v) is 17.1. The fraction of sp³-hybridized carbons (Fsp3) is 0.300. The van der Waals surface area contributed by atoms with E-state index >= 15 is 0 Å². The van der Waals surface area contributed by atoms with Gasteiger partial charge in [-0.3, -0.25) is 9.10 Å². The highest BCUT2D eigenvalue weighted by molar-refractivity contribution is 7.92. The number of benzene rings is 2. The lowest BCUT2D eigenvalue weighted by Gasteiger charge is -2.16. The highest BCUT2D eigenvalue weighted by atomic mass is 32.2. The second-order valence-electron chi connectivity index (χ2n) is 6.49. The Hall–Kier alpha value is -3.07. The smallest absolute Gasteiger partial charge is 0.342 e. The number of ether oxygens (including phenoxy) is 3. The van der Waals surface area contributed by atoms with Gasteiger partial charge in [-0.1, -0.05) is 0 Å². The summed E-state index contributed by atoms with van der Waals surface area (Å²) in [5, 5.41) is 0. The normalized spacial score (nSPS) is 13.0. The first-order valence-corrected chi connectivity index (χ1v) is 10.6. The third kappa shape index (κ3) is 4.34.